The van der Waals surface area contributed by atoms with Gasteiger partial charge in [0.2, 0.25) is 5.91 Å². The summed E-state index contributed by atoms with van der Waals surface area (Å²) >= 11 is 0. The van der Waals surface area contributed by atoms with Crippen LogP contribution in [0, 0.1) is 23.2 Å². The van der Waals surface area contributed by atoms with Crippen molar-refractivity contribution in [3.05, 3.63) is 0 Å². The minimum absolute atomic E-state index is 0.0220. The Morgan fingerprint density at radius 3 is 2.29 bits per heavy atom. The second kappa shape index (κ2) is 7.25. The molecule has 1 aliphatic rings. The van der Waals surface area contributed by atoms with E-state index in [1.807, 2.05) is 13.8 Å². The van der Waals surface area contributed by atoms with Crippen molar-refractivity contribution in [3.8, 4) is 0 Å². The van der Waals surface area contributed by atoms with Gasteiger partial charge in [0.05, 0.1) is 5.41 Å². The molecule has 2 atom stereocenters. The molecule has 1 heterocycles. The van der Waals surface area contributed by atoms with E-state index in [1.165, 1.54) is 0 Å². The van der Waals surface area contributed by atoms with Gasteiger partial charge in [-0.1, -0.05) is 27.7 Å². The van der Waals surface area contributed by atoms with E-state index in [0.29, 0.717) is 38.4 Å². The number of nitrogens with zero attached hydrogens (tertiary/aromatic N) is 1. The summed E-state index contributed by atoms with van der Waals surface area (Å²) in [6, 6.07) is 0. The number of nitrogens with two attached hydrogens (primary N) is 1. The highest BCUT2D eigenvalue weighted by molar-refractivity contribution is 5.81. The third kappa shape index (κ3) is 4.19. The zero-order valence-electron chi connectivity index (χ0n) is 13.8. The van der Waals surface area contributed by atoms with Gasteiger partial charge in [-0.3, -0.25) is 9.59 Å². The third-order valence-corrected chi connectivity index (χ3v) is 4.79. The third-order valence-electron chi connectivity index (χ3n) is 4.79. The van der Waals surface area contributed by atoms with E-state index in [4.69, 9.17) is 5.73 Å². The average molecular weight is 298 g/mol. The van der Waals surface area contributed by atoms with E-state index in [0.717, 1.165) is 6.42 Å². The van der Waals surface area contributed by atoms with Gasteiger partial charge in [-0.2, -0.15) is 0 Å². The first kappa shape index (κ1) is 18.0. The largest absolute Gasteiger partial charge is 0.481 e. The molecule has 1 fully saturated rings. The summed E-state index contributed by atoms with van der Waals surface area (Å²) in [5, 5.41) is 9.52. The molecule has 1 unspecified atom stereocenters. The lowest BCUT2D eigenvalue weighted by molar-refractivity contribution is -0.151. The highest BCUT2D eigenvalue weighted by atomic mass is 16.4. The molecule has 0 aliphatic carbocycles. The van der Waals surface area contributed by atoms with Crippen LogP contribution in [0.3, 0.4) is 0 Å². The molecule has 21 heavy (non-hydrogen) atoms. The van der Waals surface area contributed by atoms with Crippen LogP contribution >= 0.6 is 0 Å². The van der Waals surface area contributed by atoms with Crippen LogP contribution in [0.4, 0.5) is 0 Å². The predicted octanol–water partition coefficient (Wildman–Crippen LogP) is 1.96. The molecule has 1 amide bonds. The van der Waals surface area contributed by atoms with Crippen LogP contribution < -0.4 is 5.73 Å². The Balaban J connectivity index is 2.67. The highest BCUT2D eigenvalue weighted by Crippen LogP contribution is 2.38. The maximum absolute atomic E-state index is 12.4. The molecule has 1 saturated heterocycles. The maximum Gasteiger partial charge on any atom is 0.311 e. The molecular formula is C16H30N2O3. The first-order valence-electron chi connectivity index (χ1n) is 7.94. The summed E-state index contributed by atoms with van der Waals surface area (Å²) in [7, 11) is 0. The second-order valence-electron chi connectivity index (χ2n) is 7.12. The van der Waals surface area contributed by atoms with Crippen LogP contribution in [-0.4, -0.2) is 41.5 Å². The molecule has 3 N–H and O–H groups in total. The van der Waals surface area contributed by atoms with Crippen molar-refractivity contribution < 1.29 is 14.7 Å². The van der Waals surface area contributed by atoms with E-state index in [-0.39, 0.29) is 17.7 Å². The Hall–Kier alpha value is -1.10. The average Bonchev–Trinajstić information content (AvgIpc) is 2.83. The molecule has 122 valence electrons. The van der Waals surface area contributed by atoms with Gasteiger partial charge in [0.25, 0.3) is 0 Å². The minimum Gasteiger partial charge on any atom is -0.481 e. The van der Waals surface area contributed by atoms with Crippen LogP contribution in [-0.2, 0) is 9.59 Å². The number of likely N-dealkylation sites (tertiary alicyclic amines) is 1. The minimum atomic E-state index is -0.787. The molecule has 5 heteroatoms. The number of aliphatic carboxylic acids is 1. The summed E-state index contributed by atoms with van der Waals surface area (Å²) in [5.74, 6) is -0.0101. The molecule has 0 aromatic heterocycles. The lowest BCUT2D eigenvalue weighted by Crippen LogP contribution is -2.41. The number of carboxylic acids is 1. The Morgan fingerprint density at radius 2 is 1.90 bits per heavy atom. The zero-order chi connectivity index (χ0) is 16.2. The monoisotopic (exact) mass is 298 g/mol. The number of carboxylic acid groups (broad SMARTS) is 1. The summed E-state index contributed by atoms with van der Waals surface area (Å²) in [4.78, 5) is 25.7. The van der Waals surface area contributed by atoms with E-state index in [9.17, 15) is 14.7 Å². The molecule has 1 aliphatic heterocycles. The van der Waals surface area contributed by atoms with E-state index in [1.54, 1.807) is 4.90 Å². The molecule has 1 rings (SSSR count). The number of carbonyl (C=O) groups is 2. The number of amides is 1. The summed E-state index contributed by atoms with van der Waals surface area (Å²) in [6.07, 6.45) is 1.91. The Morgan fingerprint density at radius 1 is 1.29 bits per heavy atom. The fourth-order valence-electron chi connectivity index (χ4n) is 3.24. The molecule has 0 aromatic carbocycles. The topological polar surface area (TPSA) is 83.6 Å². The molecule has 0 aromatic rings. The number of hydrogen-bond donors (Lipinski definition) is 2. The van der Waals surface area contributed by atoms with Gasteiger partial charge < -0.3 is 15.7 Å². The van der Waals surface area contributed by atoms with E-state index in [2.05, 4.69) is 13.8 Å². The normalized spacial score (nSPS) is 23.9. The number of hydrogen-bond acceptors (Lipinski definition) is 3. The summed E-state index contributed by atoms with van der Waals surface area (Å²) < 4.78 is 0. The second-order valence-corrected chi connectivity index (χ2v) is 7.12. The Bertz CT molecular complexity index is 382. The zero-order valence-corrected chi connectivity index (χ0v) is 13.8. The van der Waals surface area contributed by atoms with Gasteiger partial charge in [-0.15, -0.1) is 0 Å². The molecule has 0 radical (unpaired) electrons. The fourth-order valence-corrected chi connectivity index (χ4v) is 3.24. The van der Waals surface area contributed by atoms with Crippen molar-refractivity contribution in [3.63, 3.8) is 0 Å². The van der Waals surface area contributed by atoms with E-state index < -0.39 is 11.4 Å². The summed E-state index contributed by atoms with van der Waals surface area (Å²) in [5.41, 5.74) is 4.97. The standard InChI is InChI=1S/C16H30N2O3/c1-11(2)7-13(9-17)8-14(19)18-6-5-16(10-18,12(3)4)15(20)21/h11-13H,5-10,17H2,1-4H3,(H,20,21)/t13-,16?/m0/s1. The van der Waals surface area contributed by atoms with Crippen molar-refractivity contribution in [1.29, 1.82) is 0 Å². The van der Waals surface area contributed by atoms with Crippen molar-refractivity contribution >= 4 is 11.9 Å². The van der Waals surface area contributed by atoms with Crippen molar-refractivity contribution in [1.82, 2.24) is 4.90 Å². The fraction of sp³-hybridized carbons (Fsp3) is 0.875. The van der Waals surface area contributed by atoms with Crippen molar-refractivity contribution in [2.75, 3.05) is 19.6 Å². The van der Waals surface area contributed by atoms with Gasteiger partial charge >= 0.3 is 5.97 Å². The lowest BCUT2D eigenvalue weighted by atomic mass is 9.76. The lowest BCUT2D eigenvalue weighted by Gasteiger charge is -2.29. The first-order valence-corrected chi connectivity index (χ1v) is 7.94. The molecule has 0 spiro atoms. The SMILES string of the molecule is CC(C)C[C@H](CN)CC(=O)N1CCC(C(=O)O)(C(C)C)C1. The summed E-state index contributed by atoms with van der Waals surface area (Å²) in [6.45, 7) is 9.47. The molecule has 5 nitrogen and oxygen atoms in total. The molecular weight excluding hydrogens is 268 g/mol. The number of carbonyl (C=O) groups excluding carboxylic acids is 1. The predicted molar refractivity (Wildman–Crippen MR) is 82.7 cm³/mol. The smallest absolute Gasteiger partial charge is 0.311 e. The van der Waals surface area contributed by atoms with Crippen LogP contribution in [0.1, 0.15) is 47.0 Å². The van der Waals surface area contributed by atoms with Gasteiger partial charge in [-0.05, 0) is 37.1 Å². The maximum atomic E-state index is 12.4. The van der Waals surface area contributed by atoms with Gasteiger partial charge in [-0.25, -0.2) is 0 Å². The van der Waals surface area contributed by atoms with Gasteiger partial charge in [0, 0.05) is 19.5 Å². The van der Waals surface area contributed by atoms with Crippen molar-refractivity contribution in [2.24, 2.45) is 28.9 Å². The van der Waals surface area contributed by atoms with Gasteiger partial charge in [0.1, 0.15) is 0 Å². The highest BCUT2D eigenvalue weighted by Gasteiger charge is 2.48. The Labute approximate surface area is 127 Å². The first-order chi connectivity index (χ1) is 9.72. The van der Waals surface area contributed by atoms with Crippen molar-refractivity contribution in [2.45, 2.75) is 47.0 Å². The van der Waals surface area contributed by atoms with E-state index >= 15 is 0 Å². The molecule has 0 saturated carbocycles. The number of rotatable bonds is 7. The van der Waals surface area contributed by atoms with Crippen LogP contribution in [0.25, 0.3) is 0 Å². The Kier molecular flexibility index (Phi) is 6.20. The van der Waals surface area contributed by atoms with Crippen LogP contribution in [0.15, 0.2) is 0 Å². The van der Waals surface area contributed by atoms with Gasteiger partial charge in [0.15, 0.2) is 0 Å². The molecule has 0 bridgehead atoms. The van der Waals surface area contributed by atoms with Crippen LogP contribution in [0.5, 0.6) is 0 Å². The van der Waals surface area contributed by atoms with Crippen LogP contribution in [0.2, 0.25) is 0 Å². The quantitative estimate of drug-likeness (QED) is 0.752.